The molecular weight excluding hydrogens is 286 g/mol. The summed E-state index contributed by atoms with van der Waals surface area (Å²) < 4.78 is 5.90. The second-order valence-corrected chi connectivity index (χ2v) is 7.56. The van der Waals surface area contributed by atoms with Crippen LogP contribution in [0.3, 0.4) is 0 Å². The minimum atomic E-state index is -0.360. The monoisotopic (exact) mass is 307 g/mol. The fraction of sp³-hybridized carbons (Fsp3) is 0.750. The molecule has 3 aliphatic rings. The first kappa shape index (κ1) is 13.8. The zero-order valence-electron chi connectivity index (χ0n) is 12.7. The van der Waals surface area contributed by atoms with Gasteiger partial charge in [0.05, 0.1) is 12.3 Å². The lowest BCUT2D eigenvalue weighted by atomic mass is 10.0. The van der Waals surface area contributed by atoms with Crippen molar-refractivity contribution in [3.05, 3.63) is 16.5 Å². The molecule has 0 radical (unpaired) electrons. The molecular formula is C16H22ClN3O. The molecule has 4 nitrogen and oxygen atoms in total. The molecule has 1 aromatic rings. The van der Waals surface area contributed by atoms with E-state index < -0.39 is 0 Å². The average Bonchev–Trinajstić information content (AvgIpc) is 2.90. The molecule has 2 bridgehead atoms. The van der Waals surface area contributed by atoms with Gasteiger partial charge in [0.1, 0.15) is 11.4 Å². The zero-order chi connectivity index (χ0) is 14.6. The van der Waals surface area contributed by atoms with Crippen LogP contribution in [0.1, 0.15) is 50.8 Å². The third-order valence-electron chi connectivity index (χ3n) is 5.34. The molecule has 21 heavy (non-hydrogen) atoms. The van der Waals surface area contributed by atoms with Gasteiger partial charge in [-0.1, -0.05) is 6.42 Å². The second kappa shape index (κ2) is 4.82. The Bertz CT molecular complexity index is 575. The minimum Gasteiger partial charge on any atom is -0.364 e. The molecule has 2 fully saturated rings. The molecule has 2 aliphatic heterocycles. The molecule has 2 atom stereocenters. The van der Waals surface area contributed by atoms with Crippen molar-refractivity contribution in [2.75, 3.05) is 18.0 Å². The largest absolute Gasteiger partial charge is 0.364 e. The van der Waals surface area contributed by atoms with E-state index in [0.29, 0.717) is 11.9 Å². The number of anilines is 1. The van der Waals surface area contributed by atoms with Gasteiger partial charge < -0.3 is 9.64 Å². The summed E-state index contributed by atoms with van der Waals surface area (Å²) in [6.07, 6.45) is 5.44. The molecule has 1 saturated carbocycles. The fourth-order valence-corrected chi connectivity index (χ4v) is 4.36. The maximum atomic E-state index is 6.19. The Morgan fingerprint density at radius 2 is 2.00 bits per heavy atom. The summed E-state index contributed by atoms with van der Waals surface area (Å²) in [5, 5.41) is 0.344. The Hall–Kier alpha value is -0.870. The van der Waals surface area contributed by atoms with Gasteiger partial charge in [0.15, 0.2) is 0 Å². The molecule has 1 saturated heterocycles. The highest BCUT2D eigenvalue weighted by atomic mass is 35.5. The smallest absolute Gasteiger partial charge is 0.224 e. The first-order chi connectivity index (χ1) is 10.0. The number of ether oxygens (including phenoxy) is 1. The molecule has 1 aromatic heterocycles. The summed E-state index contributed by atoms with van der Waals surface area (Å²) in [4.78, 5) is 11.4. The van der Waals surface area contributed by atoms with E-state index in [1.54, 1.807) is 0 Å². The van der Waals surface area contributed by atoms with Crippen molar-refractivity contribution in [2.45, 2.75) is 51.7 Å². The van der Waals surface area contributed by atoms with E-state index in [9.17, 15) is 0 Å². The first-order valence-electron chi connectivity index (χ1n) is 7.99. The van der Waals surface area contributed by atoms with E-state index in [4.69, 9.17) is 16.3 Å². The van der Waals surface area contributed by atoms with Crippen molar-refractivity contribution in [1.82, 2.24) is 9.97 Å². The maximum absolute atomic E-state index is 6.19. The van der Waals surface area contributed by atoms with Crippen LogP contribution in [0.25, 0.3) is 0 Å². The van der Waals surface area contributed by atoms with Gasteiger partial charge >= 0.3 is 0 Å². The Kier molecular flexibility index (Phi) is 3.16. The number of hydrogen-bond donors (Lipinski definition) is 0. The molecule has 1 aliphatic carbocycles. The summed E-state index contributed by atoms with van der Waals surface area (Å²) in [6, 6.07) is 0. The molecule has 114 valence electrons. The van der Waals surface area contributed by atoms with Gasteiger partial charge in [0, 0.05) is 18.7 Å². The van der Waals surface area contributed by atoms with Gasteiger partial charge in [-0.05, 0) is 56.5 Å². The third kappa shape index (κ3) is 2.33. The Morgan fingerprint density at radius 3 is 2.86 bits per heavy atom. The predicted molar refractivity (Wildman–Crippen MR) is 82.5 cm³/mol. The van der Waals surface area contributed by atoms with E-state index in [1.165, 1.54) is 25.7 Å². The van der Waals surface area contributed by atoms with Crippen LogP contribution in [-0.2, 0) is 16.9 Å². The highest BCUT2D eigenvalue weighted by Gasteiger charge is 2.38. The van der Waals surface area contributed by atoms with Gasteiger partial charge in [0.25, 0.3) is 0 Å². The van der Waals surface area contributed by atoms with Gasteiger partial charge in [-0.2, -0.15) is 0 Å². The van der Waals surface area contributed by atoms with E-state index >= 15 is 0 Å². The Balaban J connectivity index is 1.72. The SMILES string of the molecule is CC1(C)OCc2c(N3CCC4CCC(C4)C3)nc(Cl)nc21. The van der Waals surface area contributed by atoms with Crippen molar-refractivity contribution in [2.24, 2.45) is 11.8 Å². The normalized spacial score (nSPS) is 30.3. The number of rotatable bonds is 1. The standard InChI is InChI=1S/C16H22ClN3O/c1-16(2)13-12(9-21-16)14(19-15(17)18-13)20-6-5-10-3-4-11(7-10)8-20/h10-11H,3-9H2,1-2H3. The van der Waals surface area contributed by atoms with Crippen molar-refractivity contribution >= 4 is 17.4 Å². The fourth-order valence-electron chi connectivity index (χ4n) is 4.20. The third-order valence-corrected chi connectivity index (χ3v) is 5.51. The Morgan fingerprint density at radius 1 is 1.19 bits per heavy atom. The van der Waals surface area contributed by atoms with Gasteiger partial charge in [-0.3, -0.25) is 0 Å². The van der Waals surface area contributed by atoms with E-state index in [-0.39, 0.29) is 5.60 Å². The molecule has 0 spiro atoms. The maximum Gasteiger partial charge on any atom is 0.224 e. The summed E-state index contributed by atoms with van der Waals surface area (Å²) in [6.45, 7) is 6.89. The number of nitrogens with zero attached hydrogens (tertiary/aromatic N) is 3. The van der Waals surface area contributed by atoms with Gasteiger partial charge in [0.2, 0.25) is 5.28 Å². The Labute approximate surface area is 130 Å². The van der Waals surface area contributed by atoms with Gasteiger partial charge in [-0.15, -0.1) is 0 Å². The molecule has 3 heterocycles. The summed E-state index contributed by atoms with van der Waals surface area (Å²) in [5.41, 5.74) is 1.75. The van der Waals surface area contributed by atoms with Gasteiger partial charge in [-0.25, -0.2) is 9.97 Å². The number of aromatic nitrogens is 2. The van der Waals surface area contributed by atoms with Crippen molar-refractivity contribution in [1.29, 1.82) is 0 Å². The van der Waals surface area contributed by atoms with E-state index in [0.717, 1.165) is 42.0 Å². The molecule has 2 unspecified atom stereocenters. The van der Waals surface area contributed by atoms with Crippen LogP contribution in [0.4, 0.5) is 5.82 Å². The van der Waals surface area contributed by atoms with E-state index in [2.05, 4.69) is 28.7 Å². The predicted octanol–water partition coefficient (Wildman–Crippen LogP) is 3.52. The number of fused-ring (bicyclic) bond motifs is 3. The second-order valence-electron chi connectivity index (χ2n) is 7.22. The lowest BCUT2D eigenvalue weighted by Gasteiger charge is -2.27. The van der Waals surface area contributed by atoms with Crippen molar-refractivity contribution in [3.8, 4) is 0 Å². The quantitative estimate of drug-likeness (QED) is 0.744. The molecule has 0 N–H and O–H groups in total. The summed E-state index contributed by atoms with van der Waals surface area (Å²) >= 11 is 6.19. The lowest BCUT2D eigenvalue weighted by molar-refractivity contribution is -0.0100. The van der Waals surface area contributed by atoms with Crippen LogP contribution in [-0.4, -0.2) is 23.1 Å². The number of hydrogen-bond acceptors (Lipinski definition) is 4. The number of halogens is 1. The zero-order valence-corrected chi connectivity index (χ0v) is 13.5. The first-order valence-corrected chi connectivity index (χ1v) is 8.36. The molecule has 0 aromatic carbocycles. The van der Waals surface area contributed by atoms with Crippen LogP contribution in [0.5, 0.6) is 0 Å². The minimum absolute atomic E-state index is 0.344. The summed E-state index contributed by atoms with van der Waals surface area (Å²) in [7, 11) is 0. The van der Waals surface area contributed by atoms with Crippen LogP contribution in [0.2, 0.25) is 5.28 Å². The van der Waals surface area contributed by atoms with Crippen LogP contribution in [0, 0.1) is 11.8 Å². The van der Waals surface area contributed by atoms with E-state index in [1.807, 2.05) is 0 Å². The highest BCUT2D eigenvalue weighted by molar-refractivity contribution is 6.28. The summed E-state index contributed by atoms with van der Waals surface area (Å²) in [5.74, 6) is 2.75. The lowest BCUT2D eigenvalue weighted by Crippen LogP contribution is -2.31. The molecule has 0 amide bonds. The van der Waals surface area contributed by atoms with Crippen LogP contribution in [0.15, 0.2) is 0 Å². The van der Waals surface area contributed by atoms with Crippen molar-refractivity contribution in [3.63, 3.8) is 0 Å². The average molecular weight is 308 g/mol. The van der Waals surface area contributed by atoms with Crippen molar-refractivity contribution < 1.29 is 4.74 Å². The van der Waals surface area contributed by atoms with Crippen LogP contribution >= 0.6 is 11.6 Å². The van der Waals surface area contributed by atoms with Crippen LogP contribution < -0.4 is 4.90 Å². The molecule has 5 heteroatoms. The topological polar surface area (TPSA) is 38.2 Å². The molecule has 4 rings (SSSR count). The highest BCUT2D eigenvalue weighted by Crippen LogP contribution is 2.42.